The van der Waals surface area contributed by atoms with E-state index in [1.54, 1.807) is 72.7 Å². The smallest absolute Gasteiger partial charge is 0.254 e. The summed E-state index contributed by atoms with van der Waals surface area (Å²) in [5.41, 5.74) is 3.54. The molecule has 0 fully saturated rings. The number of rotatable bonds is 9. The van der Waals surface area contributed by atoms with Crippen molar-refractivity contribution in [1.29, 1.82) is 5.26 Å². The Labute approximate surface area is 195 Å². The van der Waals surface area contributed by atoms with Crippen molar-refractivity contribution in [2.75, 3.05) is 20.3 Å². The fraction of sp³-hybridized carbons (Fsp3) is 0.231. The molecule has 0 bridgehead atoms. The summed E-state index contributed by atoms with van der Waals surface area (Å²) in [5.74, 6) is -0.312. The first-order valence-corrected chi connectivity index (χ1v) is 12.1. The molecule has 7 heteroatoms. The van der Waals surface area contributed by atoms with Gasteiger partial charge in [-0.3, -0.25) is 4.79 Å². The summed E-state index contributed by atoms with van der Waals surface area (Å²) in [6, 6.07) is 22.6. The molecule has 33 heavy (non-hydrogen) atoms. The first-order chi connectivity index (χ1) is 15.8. The summed E-state index contributed by atoms with van der Waals surface area (Å²) in [6.45, 7) is 3.06. The third-order valence-electron chi connectivity index (χ3n) is 5.25. The lowest BCUT2D eigenvalue weighted by molar-refractivity contribution is 0.0680. The lowest BCUT2D eigenvalue weighted by Crippen LogP contribution is -2.33. The quantitative estimate of drug-likeness (QED) is 0.477. The molecule has 0 spiro atoms. The van der Waals surface area contributed by atoms with E-state index in [-0.39, 0.29) is 16.6 Å². The van der Waals surface area contributed by atoms with E-state index in [0.29, 0.717) is 36.4 Å². The molecule has 0 radical (unpaired) electrons. The van der Waals surface area contributed by atoms with Gasteiger partial charge in [-0.15, -0.1) is 0 Å². The molecule has 0 aliphatic rings. The number of carbonyl (C=O) groups is 1. The number of aryl methyl sites for hydroxylation is 1. The number of nitriles is 1. The molecule has 3 aromatic carbocycles. The van der Waals surface area contributed by atoms with Crippen LogP contribution in [0, 0.1) is 18.3 Å². The van der Waals surface area contributed by atoms with E-state index in [2.05, 4.69) is 6.07 Å². The standard InChI is InChI=1S/C26H26N2O4S/c1-20-3-13-25(14-4-20)33(30,31)19-23-9-11-24(12-10-23)26(29)28(15-16-32-2)18-22-7-5-21(17-27)6-8-22/h3-14H,15-16,18-19H2,1-2H3. The van der Waals surface area contributed by atoms with Crippen LogP contribution in [0.2, 0.25) is 0 Å². The van der Waals surface area contributed by atoms with E-state index in [1.807, 2.05) is 19.1 Å². The Morgan fingerprint density at radius 1 is 0.939 bits per heavy atom. The molecular weight excluding hydrogens is 436 g/mol. The molecule has 6 nitrogen and oxygen atoms in total. The highest BCUT2D eigenvalue weighted by atomic mass is 32.2. The van der Waals surface area contributed by atoms with Gasteiger partial charge in [0.1, 0.15) is 0 Å². The summed E-state index contributed by atoms with van der Waals surface area (Å²) < 4.78 is 30.5. The fourth-order valence-electron chi connectivity index (χ4n) is 3.33. The van der Waals surface area contributed by atoms with E-state index >= 15 is 0 Å². The topological polar surface area (TPSA) is 87.5 Å². The van der Waals surface area contributed by atoms with Gasteiger partial charge in [-0.25, -0.2) is 8.42 Å². The molecule has 0 aliphatic heterocycles. The van der Waals surface area contributed by atoms with Gasteiger partial charge in [0.05, 0.1) is 28.9 Å². The SMILES string of the molecule is COCCN(Cc1ccc(C#N)cc1)C(=O)c1ccc(CS(=O)(=O)c2ccc(C)cc2)cc1. The molecular formula is C26H26N2O4S. The molecule has 0 aromatic heterocycles. The van der Waals surface area contributed by atoms with Crippen LogP contribution >= 0.6 is 0 Å². The van der Waals surface area contributed by atoms with Gasteiger partial charge in [-0.05, 0) is 54.4 Å². The Hall–Kier alpha value is -3.47. The first kappa shape index (κ1) is 24.2. The van der Waals surface area contributed by atoms with Gasteiger partial charge in [0.15, 0.2) is 9.84 Å². The van der Waals surface area contributed by atoms with E-state index in [1.165, 1.54) is 0 Å². The van der Waals surface area contributed by atoms with Crippen molar-refractivity contribution in [3.05, 3.63) is 101 Å². The molecule has 0 saturated heterocycles. The summed E-state index contributed by atoms with van der Waals surface area (Å²) in [4.78, 5) is 15.1. The highest BCUT2D eigenvalue weighted by Crippen LogP contribution is 2.18. The number of nitrogens with zero attached hydrogens (tertiary/aromatic N) is 2. The Bertz CT molecular complexity index is 1230. The monoisotopic (exact) mass is 462 g/mol. The molecule has 3 rings (SSSR count). The van der Waals surface area contributed by atoms with E-state index < -0.39 is 9.84 Å². The van der Waals surface area contributed by atoms with Crippen LogP contribution in [-0.2, 0) is 26.9 Å². The minimum Gasteiger partial charge on any atom is -0.383 e. The van der Waals surface area contributed by atoms with Gasteiger partial charge in [-0.1, -0.05) is 42.0 Å². The second kappa shape index (κ2) is 10.9. The van der Waals surface area contributed by atoms with Crippen LogP contribution in [0.15, 0.2) is 77.7 Å². The van der Waals surface area contributed by atoms with Crippen molar-refractivity contribution in [2.24, 2.45) is 0 Å². The Kier molecular flexibility index (Phi) is 7.99. The van der Waals surface area contributed by atoms with Gasteiger partial charge in [0.2, 0.25) is 0 Å². The van der Waals surface area contributed by atoms with E-state index in [4.69, 9.17) is 10.00 Å². The maximum Gasteiger partial charge on any atom is 0.254 e. The van der Waals surface area contributed by atoms with Crippen LogP contribution in [0.25, 0.3) is 0 Å². The molecule has 3 aromatic rings. The van der Waals surface area contributed by atoms with Gasteiger partial charge in [0, 0.05) is 25.8 Å². The Morgan fingerprint density at radius 3 is 2.12 bits per heavy atom. The second-order valence-corrected chi connectivity index (χ2v) is 9.79. The largest absolute Gasteiger partial charge is 0.383 e. The zero-order valence-corrected chi connectivity index (χ0v) is 19.5. The number of carbonyl (C=O) groups excluding carboxylic acids is 1. The third kappa shape index (κ3) is 6.51. The Balaban J connectivity index is 1.74. The maximum absolute atomic E-state index is 13.1. The van der Waals surface area contributed by atoms with Crippen molar-refractivity contribution in [1.82, 2.24) is 4.90 Å². The maximum atomic E-state index is 13.1. The number of ether oxygens (including phenoxy) is 1. The average Bonchev–Trinajstić information content (AvgIpc) is 2.82. The zero-order chi connectivity index (χ0) is 23.8. The van der Waals surface area contributed by atoms with Gasteiger partial charge in [-0.2, -0.15) is 5.26 Å². The summed E-state index contributed by atoms with van der Waals surface area (Å²) in [7, 11) is -1.90. The summed E-state index contributed by atoms with van der Waals surface area (Å²) >= 11 is 0. The minimum absolute atomic E-state index is 0.136. The van der Waals surface area contributed by atoms with Gasteiger partial charge in [0.25, 0.3) is 5.91 Å². The molecule has 0 aliphatic carbocycles. The molecule has 170 valence electrons. The number of sulfone groups is 1. The molecule has 1 amide bonds. The van der Waals surface area contributed by atoms with Crippen LogP contribution in [0.1, 0.15) is 32.6 Å². The average molecular weight is 463 g/mol. The molecule has 0 heterocycles. The van der Waals surface area contributed by atoms with Crippen LogP contribution < -0.4 is 0 Å². The van der Waals surface area contributed by atoms with Crippen molar-refractivity contribution < 1.29 is 17.9 Å². The van der Waals surface area contributed by atoms with Crippen LogP contribution in [0.3, 0.4) is 0 Å². The third-order valence-corrected chi connectivity index (χ3v) is 6.95. The van der Waals surface area contributed by atoms with Crippen LogP contribution in [0.5, 0.6) is 0 Å². The highest BCUT2D eigenvalue weighted by molar-refractivity contribution is 7.90. The van der Waals surface area contributed by atoms with E-state index in [0.717, 1.165) is 11.1 Å². The predicted octanol–water partition coefficient (Wildman–Crippen LogP) is 4.13. The number of amides is 1. The molecule has 0 atom stereocenters. The second-order valence-electron chi connectivity index (χ2n) is 7.80. The predicted molar refractivity (Wildman–Crippen MR) is 126 cm³/mol. The molecule has 0 N–H and O–H groups in total. The zero-order valence-electron chi connectivity index (χ0n) is 18.7. The Morgan fingerprint density at radius 2 is 1.55 bits per heavy atom. The summed E-state index contributed by atoms with van der Waals surface area (Å²) in [6.07, 6.45) is 0. The van der Waals surface area contributed by atoms with Crippen molar-refractivity contribution >= 4 is 15.7 Å². The lowest BCUT2D eigenvalue weighted by atomic mass is 10.1. The normalized spacial score (nSPS) is 11.1. The van der Waals surface area contributed by atoms with Crippen molar-refractivity contribution in [2.45, 2.75) is 24.1 Å². The number of hydrogen-bond acceptors (Lipinski definition) is 5. The van der Waals surface area contributed by atoms with Crippen LogP contribution in [0.4, 0.5) is 0 Å². The van der Waals surface area contributed by atoms with Crippen molar-refractivity contribution in [3.63, 3.8) is 0 Å². The summed E-state index contributed by atoms with van der Waals surface area (Å²) in [5, 5.41) is 8.96. The fourth-order valence-corrected chi connectivity index (χ4v) is 4.68. The van der Waals surface area contributed by atoms with E-state index in [9.17, 15) is 13.2 Å². The van der Waals surface area contributed by atoms with Gasteiger partial charge < -0.3 is 9.64 Å². The lowest BCUT2D eigenvalue weighted by Gasteiger charge is -2.23. The van der Waals surface area contributed by atoms with Crippen LogP contribution in [-0.4, -0.2) is 39.5 Å². The number of hydrogen-bond donors (Lipinski definition) is 0. The number of methoxy groups -OCH3 is 1. The van der Waals surface area contributed by atoms with Crippen molar-refractivity contribution in [3.8, 4) is 6.07 Å². The molecule has 0 saturated carbocycles. The highest BCUT2D eigenvalue weighted by Gasteiger charge is 2.18. The number of benzene rings is 3. The molecule has 0 unspecified atom stereocenters. The minimum atomic E-state index is -3.47. The van der Waals surface area contributed by atoms with Gasteiger partial charge >= 0.3 is 0 Å². The first-order valence-electron chi connectivity index (χ1n) is 10.5.